The van der Waals surface area contributed by atoms with Crippen molar-refractivity contribution < 1.29 is 9.90 Å². The number of fused-ring (bicyclic) bond motifs is 1. The molecule has 0 bridgehead atoms. The van der Waals surface area contributed by atoms with Crippen molar-refractivity contribution in [2.45, 2.75) is 39.0 Å². The summed E-state index contributed by atoms with van der Waals surface area (Å²) in [6.07, 6.45) is 5.03. The van der Waals surface area contributed by atoms with E-state index in [0.717, 1.165) is 54.6 Å². The van der Waals surface area contributed by atoms with Gasteiger partial charge in [-0.3, -0.25) is 0 Å². The minimum atomic E-state index is -0.921. The molecule has 1 aliphatic rings. The lowest BCUT2D eigenvalue weighted by Gasteiger charge is -2.10. The first-order chi connectivity index (χ1) is 9.68. The Morgan fingerprint density at radius 1 is 1.20 bits per heavy atom. The Kier molecular flexibility index (Phi) is 3.30. The highest BCUT2D eigenvalue weighted by Gasteiger charge is 2.24. The zero-order valence-corrected chi connectivity index (χ0v) is 11.6. The maximum Gasteiger partial charge on any atom is 0.356 e. The van der Waals surface area contributed by atoms with Crippen molar-refractivity contribution in [3.8, 4) is 5.69 Å². The molecule has 2 aromatic rings. The first-order valence-electron chi connectivity index (χ1n) is 7.08. The molecule has 1 aromatic heterocycles. The van der Waals surface area contributed by atoms with Crippen LogP contribution in [-0.4, -0.2) is 20.9 Å². The molecule has 20 heavy (non-hydrogen) atoms. The van der Waals surface area contributed by atoms with Gasteiger partial charge in [0.1, 0.15) is 0 Å². The molecule has 104 valence electrons. The van der Waals surface area contributed by atoms with Crippen LogP contribution in [0.4, 0.5) is 0 Å². The van der Waals surface area contributed by atoms with E-state index in [-0.39, 0.29) is 5.69 Å². The predicted octanol–water partition coefficient (Wildman–Crippen LogP) is 3.15. The zero-order chi connectivity index (χ0) is 14.1. The molecule has 0 radical (unpaired) electrons. The van der Waals surface area contributed by atoms with Crippen LogP contribution in [-0.2, 0) is 12.8 Å². The molecule has 0 amide bonds. The van der Waals surface area contributed by atoms with E-state index < -0.39 is 5.97 Å². The van der Waals surface area contributed by atoms with Crippen molar-refractivity contribution in [1.29, 1.82) is 0 Å². The topological polar surface area (TPSA) is 55.1 Å². The van der Waals surface area contributed by atoms with E-state index in [0.29, 0.717) is 0 Å². The molecule has 1 aromatic carbocycles. The van der Waals surface area contributed by atoms with Crippen LogP contribution >= 0.6 is 0 Å². The average molecular weight is 270 g/mol. The fourth-order valence-corrected chi connectivity index (χ4v) is 2.95. The summed E-state index contributed by atoms with van der Waals surface area (Å²) >= 11 is 0. The summed E-state index contributed by atoms with van der Waals surface area (Å²) in [5, 5.41) is 13.8. The minimum Gasteiger partial charge on any atom is -0.476 e. The fraction of sp³-hybridized carbons (Fsp3) is 0.375. The normalized spacial score (nSPS) is 14.7. The van der Waals surface area contributed by atoms with Gasteiger partial charge < -0.3 is 5.11 Å². The van der Waals surface area contributed by atoms with Crippen LogP contribution in [0.2, 0.25) is 0 Å². The molecule has 3 rings (SSSR count). The second kappa shape index (κ2) is 5.12. The maximum atomic E-state index is 11.4. The molecule has 0 unspecified atom stereocenters. The lowest BCUT2D eigenvalue weighted by atomic mass is 10.1. The highest BCUT2D eigenvalue weighted by Crippen LogP contribution is 2.27. The molecule has 0 spiro atoms. The Balaban J connectivity index is 2.21. The van der Waals surface area contributed by atoms with Gasteiger partial charge in [-0.1, -0.05) is 24.6 Å². The van der Waals surface area contributed by atoms with E-state index >= 15 is 0 Å². The Morgan fingerprint density at radius 3 is 2.70 bits per heavy atom. The van der Waals surface area contributed by atoms with E-state index in [1.54, 1.807) is 0 Å². The van der Waals surface area contributed by atoms with E-state index in [1.807, 2.05) is 35.9 Å². The predicted molar refractivity (Wildman–Crippen MR) is 76.5 cm³/mol. The molecule has 0 saturated heterocycles. The quantitative estimate of drug-likeness (QED) is 0.853. The Morgan fingerprint density at radius 2 is 1.95 bits per heavy atom. The number of carboxylic acids is 1. The minimum absolute atomic E-state index is 0.227. The van der Waals surface area contributed by atoms with Crippen molar-refractivity contribution in [2.24, 2.45) is 0 Å². The smallest absolute Gasteiger partial charge is 0.356 e. The number of carboxylic acid groups (broad SMARTS) is 1. The fourth-order valence-electron chi connectivity index (χ4n) is 2.95. The number of para-hydroxylation sites is 1. The number of hydrogen-bond acceptors (Lipinski definition) is 2. The van der Waals surface area contributed by atoms with Crippen LogP contribution in [0.25, 0.3) is 5.69 Å². The number of aromatic nitrogens is 2. The molecule has 4 nitrogen and oxygen atoms in total. The molecule has 0 fully saturated rings. The van der Waals surface area contributed by atoms with Crippen molar-refractivity contribution in [2.75, 3.05) is 0 Å². The maximum absolute atomic E-state index is 11.4. The van der Waals surface area contributed by atoms with Crippen LogP contribution < -0.4 is 0 Å². The number of hydrogen-bond donors (Lipinski definition) is 1. The summed E-state index contributed by atoms with van der Waals surface area (Å²) < 4.78 is 1.85. The van der Waals surface area contributed by atoms with Crippen molar-refractivity contribution in [3.63, 3.8) is 0 Å². The zero-order valence-electron chi connectivity index (χ0n) is 11.6. The van der Waals surface area contributed by atoms with Crippen molar-refractivity contribution in [3.05, 3.63) is 46.8 Å². The Hall–Kier alpha value is -2.10. The van der Waals surface area contributed by atoms with Gasteiger partial charge in [-0.2, -0.15) is 5.10 Å². The largest absolute Gasteiger partial charge is 0.476 e. The second-order valence-electron chi connectivity index (χ2n) is 5.34. The van der Waals surface area contributed by atoms with E-state index in [4.69, 9.17) is 0 Å². The van der Waals surface area contributed by atoms with Gasteiger partial charge in [0.25, 0.3) is 0 Å². The molecule has 0 aliphatic heterocycles. The van der Waals surface area contributed by atoms with Gasteiger partial charge in [0, 0.05) is 11.3 Å². The highest BCUT2D eigenvalue weighted by molar-refractivity contribution is 5.87. The summed E-state index contributed by atoms with van der Waals surface area (Å²) in [6, 6.07) is 7.98. The SMILES string of the molecule is Cc1ccccc1-n1nc(C(=O)O)c2c1CCCCC2. The summed E-state index contributed by atoms with van der Waals surface area (Å²) in [5.74, 6) is -0.921. The van der Waals surface area contributed by atoms with Gasteiger partial charge in [-0.15, -0.1) is 0 Å². The Bertz CT molecular complexity index is 658. The standard InChI is InChI=1S/C16H18N2O2/c1-11-7-5-6-9-13(11)18-14-10-4-2-3-8-12(14)15(17-18)16(19)20/h5-7,9H,2-4,8,10H2,1H3,(H,19,20). The number of aromatic carboxylic acids is 1. The van der Waals surface area contributed by atoms with Crippen LogP contribution in [0.5, 0.6) is 0 Å². The molecule has 0 saturated carbocycles. The van der Waals surface area contributed by atoms with Gasteiger partial charge in [-0.05, 0) is 44.2 Å². The van der Waals surface area contributed by atoms with E-state index in [2.05, 4.69) is 5.10 Å². The lowest BCUT2D eigenvalue weighted by Crippen LogP contribution is -2.05. The average Bonchev–Trinajstić information content (AvgIpc) is 2.63. The second-order valence-corrected chi connectivity index (χ2v) is 5.34. The van der Waals surface area contributed by atoms with Crippen LogP contribution in [0.15, 0.2) is 24.3 Å². The molecule has 1 heterocycles. The van der Waals surface area contributed by atoms with Gasteiger partial charge >= 0.3 is 5.97 Å². The van der Waals surface area contributed by atoms with Gasteiger partial charge in [-0.25, -0.2) is 9.48 Å². The number of rotatable bonds is 2. The first-order valence-corrected chi connectivity index (χ1v) is 7.08. The number of benzene rings is 1. The monoisotopic (exact) mass is 270 g/mol. The molecule has 4 heteroatoms. The lowest BCUT2D eigenvalue weighted by molar-refractivity contribution is 0.0688. The summed E-state index contributed by atoms with van der Waals surface area (Å²) in [5.41, 5.74) is 4.33. The summed E-state index contributed by atoms with van der Waals surface area (Å²) in [4.78, 5) is 11.4. The van der Waals surface area contributed by atoms with E-state index in [1.165, 1.54) is 0 Å². The van der Waals surface area contributed by atoms with Crippen LogP contribution in [0.3, 0.4) is 0 Å². The third-order valence-electron chi connectivity index (χ3n) is 3.98. The van der Waals surface area contributed by atoms with Crippen molar-refractivity contribution >= 4 is 5.97 Å². The summed E-state index contributed by atoms with van der Waals surface area (Å²) in [7, 11) is 0. The third-order valence-corrected chi connectivity index (χ3v) is 3.98. The summed E-state index contributed by atoms with van der Waals surface area (Å²) in [6.45, 7) is 2.03. The van der Waals surface area contributed by atoms with Gasteiger partial charge in [0.05, 0.1) is 5.69 Å². The van der Waals surface area contributed by atoms with Gasteiger partial charge in [0.15, 0.2) is 5.69 Å². The van der Waals surface area contributed by atoms with E-state index in [9.17, 15) is 9.90 Å². The van der Waals surface area contributed by atoms with Crippen LogP contribution in [0.1, 0.15) is 46.6 Å². The third kappa shape index (κ3) is 2.11. The molecule has 0 atom stereocenters. The van der Waals surface area contributed by atoms with Gasteiger partial charge in [0.2, 0.25) is 0 Å². The first kappa shape index (κ1) is 12.9. The van der Waals surface area contributed by atoms with Crippen molar-refractivity contribution in [1.82, 2.24) is 9.78 Å². The van der Waals surface area contributed by atoms with Crippen LogP contribution in [0, 0.1) is 6.92 Å². The molecule has 1 N–H and O–H groups in total. The number of carbonyl (C=O) groups is 1. The highest BCUT2D eigenvalue weighted by atomic mass is 16.4. The Labute approximate surface area is 118 Å². The molecule has 1 aliphatic carbocycles. The number of aryl methyl sites for hydroxylation is 1. The molecular weight excluding hydrogens is 252 g/mol. The molecular formula is C16H18N2O2. The number of nitrogens with zero attached hydrogens (tertiary/aromatic N) is 2.